The van der Waals surface area contributed by atoms with Crippen molar-refractivity contribution in [3.05, 3.63) is 52.0 Å². The van der Waals surface area contributed by atoms with E-state index in [9.17, 15) is 9.59 Å². The molecule has 0 radical (unpaired) electrons. The highest BCUT2D eigenvalue weighted by molar-refractivity contribution is 5.95. The van der Waals surface area contributed by atoms with Crippen LogP contribution >= 0.6 is 0 Å². The quantitative estimate of drug-likeness (QED) is 0.851. The number of aryl methyl sites for hydroxylation is 1. The Morgan fingerprint density at radius 1 is 1.25 bits per heavy atom. The van der Waals surface area contributed by atoms with Gasteiger partial charge in [0.2, 0.25) is 0 Å². The number of carbonyl (C=O) groups is 1. The Balaban J connectivity index is 1.47. The molecular formula is C20H25N5O3. The highest BCUT2D eigenvalue weighted by Crippen LogP contribution is 2.24. The molecule has 0 bridgehead atoms. The van der Waals surface area contributed by atoms with E-state index in [2.05, 4.69) is 20.2 Å². The number of nitrogens with zero attached hydrogens (tertiary/aromatic N) is 4. The van der Waals surface area contributed by atoms with Gasteiger partial charge in [-0.15, -0.1) is 0 Å². The van der Waals surface area contributed by atoms with E-state index in [1.54, 1.807) is 23.5 Å². The van der Waals surface area contributed by atoms with Crippen molar-refractivity contribution in [2.75, 3.05) is 44.2 Å². The largest absolute Gasteiger partial charge is 0.427 e. The van der Waals surface area contributed by atoms with Gasteiger partial charge >= 0.3 is 5.63 Å². The van der Waals surface area contributed by atoms with Gasteiger partial charge in [0, 0.05) is 51.0 Å². The zero-order valence-electron chi connectivity index (χ0n) is 16.1. The highest BCUT2D eigenvalue weighted by Gasteiger charge is 2.28. The molecule has 2 saturated heterocycles. The van der Waals surface area contributed by atoms with Gasteiger partial charge in [0.15, 0.2) is 0 Å². The van der Waals surface area contributed by atoms with Crippen LogP contribution in [0.15, 0.2) is 33.9 Å². The van der Waals surface area contributed by atoms with Gasteiger partial charge in [-0.25, -0.2) is 9.78 Å². The fraction of sp³-hybridized carbons (Fsp3) is 0.500. The van der Waals surface area contributed by atoms with Gasteiger partial charge in [-0.05, 0) is 37.9 Å². The van der Waals surface area contributed by atoms with E-state index in [4.69, 9.17) is 4.42 Å². The molecule has 0 spiro atoms. The normalized spacial score (nSPS) is 20.2. The van der Waals surface area contributed by atoms with Crippen molar-refractivity contribution in [1.29, 1.82) is 0 Å². The van der Waals surface area contributed by atoms with Gasteiger partial charge in [0.25, 0.3) is 5.91 Å². The van der Waals surface area contributed by atoms with E-state index in [1.807, 2.05) is 13.0 Å². The van der Waals surface area contributed by atoms with Crippen LogP contribution in [0.5, 0.6) is 0 Å². The van der Waals surface area contributed by atoms with Crippen LogP contribution in [-0.2, 0) is 0 Å². The Kier molecular flexibility index (Phi) is 5.38. The molecule has 0 aliphatic carbocycles. The third kappa shape index (κ3) is 3.77. The number of nitrogens with one attached hydrogen (secondary N) is 1. The van der Waals surface area contributed by atoms with E-state index in [0.29, 0.717) is 37.5 Å². The molecule has 2 aliphatic rings. The number of hydrogen-bond donors (Lipinski definition) is 1. The lowest BCUT2D eigenvalue weighted by Crippen LogP contribution is -2.50. The summed E-state index contributed by atoms with van der Waals surface area (Å²) < 4.78 is 5.56. The van der Waals surface area contributed by atoms with Crippen molar-refractivity contribution in [1.82, 2.24) is 20.2 Å². The van der Waals surface area contributed by atoms with Crippen molar-refractivity contribution in [3.8, 4) is 0 Å². The van der Waals surface area contributed by atoms with Gasteiger partial charge in [-0.2, -0.15) is 0 Å². The number of rotatable bonds is 3. The van der Waals surface area contributed by atoms with Crippen molar-refractivity contribution < 1.29 is 9.21 Å². The Morgan fingerprint density at radius 3 is 2.71 bits per heavy atom. The van der Waals surface area contributed by atoms with Gasteiger partial charge < -0.3 is 19.5 Å². The lowest BCUT2D eigenvalue weighted by molar-refractivity contribution is 0.0740. The molecule has 1 amide bonds. The third-order valence-electron chi connectivity index (χ3n) is 5.52. The van der Waals surface area contributed by atoms with E-state index in [1.165, 1.54) is 0 Å². The number of amides is 1. The maximum Gasteiger partial charge on any atom is 0.349 e. The predicted octanol–water partition coefficient (Wildman–Crippen LogP) is 1.17. The van der Waals surface area contributed by atoms with E-state index >= 15 is 0 Å². The second kappa shape index (κ2) is 8.10. The van der Waals surface area contributed by atoms with Crippen molar-refractivity contribution >= 4 is 11.7 Å². The molecule has 2 fully saturated rings. The molecule has 8 heteroatoms. The molecule has 4 rings (SSSR count). The molecule has 0 saturated carbocycles. The van der Waals surface area contributed by atoms with Crippen LogP contribution < -0.4 is 15.8 Å². The lowest BCUT2D eigenvalue weighted by Gasteiger charge is -2.35. The summed E-state index contributed by atoms with van der Waals surface area (Å²) in [6, 6.07) is 1.86. The first kappa shape index (κ1) is 18.6. The fourth-order valence-corrected chi connectivity index (χ4v) is 3.94. The molecule has 28 heavy (non-hydrogen) atoms. The monoisotopic (exact) mass is 383 g/mol. The summed E-state index contributed by atoms with van der Waals surface area (Å²) in [4.78, 5) is 37.8. The minimum absolute atomic E-state index is 0.153. The maximum atomic E-state index is 13.0. The van der Waals surface area contributed by atoms with Crippen LogP contribution in [-0.4, -0.2) is 60.0 Å². The molecule has 2 aromatic rings. The number of hydrogen-bond acceptors (Lipinski definition) is 7. The topological polar surface area (TPSA) is 91.6 Å². The molecule has 1 unspecified atom stereocenters. The van der Waals surface area contributed by atoms with E-state index in [-0.39, 0.29) is 17.4 Å². The summed E-state index contributed by atoms with van der Waals surface area (Å²) in [7, 11) is 0. The molecular weight excluding hydrogens is 358 g/mol. The zero-order valence-corrected chi connectivity index (χ0v) is 16.1. The molecule has 4 heterocycles. The maximum absolute atomic E-state index is 13.0. The number of aromatic nitrogens is 2. The van der Waals surface area contributed by atoms with Crippen LogP contribution in [0.3, 0.4) is 0 Å². The van der Waals surface area contributed by atoms with E-state index in [0.717, 1.165) is 31.7 Å². The van der Waals surface area contributed by atoms with Gasteiger partial charge in [0.1, 0.15) is 17.1 Å². The Hall–Kier alpha value is -2.74. The Bertz CT molecular complexity index is 884. The fourth-order valence-electron chi connectivity index (χ4n) is 3.94. The summed E-state index contributed by atoms with van der Waals surface area (Å²) in [6.45, 7) is 5.99. The van der Waals surface area contributed by atoms with Crippen LogP contribution in [0.4, 0.5) is 5.82 Å². The Labute approximate surface area is 163 Å². The molecule has 1 N–H and O–H groups in total. The van der Waals surface area contributed by atoms with Crippen LogP contribution in [0, 0.1) is 6.92 Å². The summed E-state index contributed by atoms with van der Waals surface area (Å²) >= 11 is 0. The second-order valence-corrected chi connectivity index (χ2v) is 7.38. The third-order valence-corrected chi connectivity index (χ3v) is 5.52. The number of piperidine rings is 1. The van der Waals surface area contributed by atoms with Crippen molar-refractivity contribution in [2.24, 2.45) is 0 Å². The molecule has 2 aromatic heterocycles. The zero-order chi connectivity index (χ0) is 19.5. The molecule has 2 aliphatic heterocycles. The minimum Gasteiger partial charge on any atom is -0.427 e. The molecule has 148 valence electrons. The first-order valence-corrected chi connectivity index (χ1v) is 9.79. The van der Waals surface area contributed by atoms with Crippen LogP contribution in [0.2, 0.25) is 0 Å². The van der Waals surface area contributed by atoms with Gasteiger partial charge in [-0.1, -0.05) is 0 Å². The predicted molar refractivity (Wildman–Crippen MR) is 105 cm³/mol. The minimum atomic E-state index is -0.526. The number of carbonyl (C=O) groups excluding carboxylic acids is 1. The summed E-state index contributed by atoms with van der Waals surface area (Å²) in [5, 5.41) is 3.33. The van der Waals surface area contributed by atoms with Crippen LogP contribution in [0.1, 0.15) is 40.4 Å². The average molecular weight is 383 g/mol. The summed E-state index contributed by atoms with van der Waals surface area (Å²) in [5.74, 6) is 1.42. The molecule has 1 atom stereocenters. The van der Waals surface area contributed by atoms with Gasteiger partial charge in [0.05, 0.1) is 6.20 Å². The average Bonchev–Trinajstić information content (AvgIpc) is 2.74. The number of piperazine rings is 1. The van der Waals surface area contributed by atoms with Crippen molar-refractivity contribution in [3.63, 3.8) is 0 Å². The molecule has 0 aromatic carbocycles. The first-order valence-electron chi connectivity index (χ1n) is 9.79. The first-order chi connectivity index (χ1) is 13.6. The standard InChI is InChI=1S/C20H25N5O3/c1-14-11-16(15-3-2-4-21-12-15)28-20(27)18(14)19(26)25-9-7-24(8-10-25)17-13-22-5-6-23-17/h5-6,11,13,15,21H,2-4,7-10,12H2,1H3. The van der Waals surface area contributed by atoms with Gasteiger partial charge in [-0.3, -0.25) is 9.78 Å². The smallest absolute Gasteiger partial charge is 0.349 e. The van der Waals surface area contributed by atoms with Crippen molar-refractivity contribution in [2.45, 2.75) is 25.7 Å². The van der Waals surface area contributed by atoms with E-state index < -0.39 is 5.63 Å². The number of anilines is 1. The molecule has 8 nitrogen and oxygen atoms in total. The lowest BCUT2D eigenvalue weighted by atomic mass is 9.95. The summed E-state index contributed by atoms with van der Waals surface area (Å²) in [6.07, 6.45) is 7.06. The van der Waals surface area contributed by atoms with Crippen LogP contribution in [0.25, 0.3) is 0 Å². The highest BCUT2D eigenvalue weighted by atomic mass is 16.4. The Morgan fingerprint density at radius 2 is 2.07 bits per heavy atom. The second-order valence-electron chi connectivity index (χ2n) is 7.38. The summed E-state index contributed by atoms with van der Waals surface area (Å²) in [5.41, 5.74) is 0.320. The SMILES string of the molecule is Cc1cc(C2CCCNC2)oc(=O)c1C(=O)N1CCN(c2cnccn2)CC1.